The van der Waals surface area contributed by atoms with Gasteiger partial charge in [-0.3, -0.25) is 4.68 Å². The first kappa shape index (κ1) is 13.6. The molecule has 106 valence electrons. The van der Waals surface area contributed by atoms with Crippen LogP contribution in [0.15, 0.2) is 60.7 Å². The lowest BCUT2D eigenvalue weighted by molar-refractivity contribution is 0.210. The van der Waals surface area contributed by atoms with Crippen LogP contribution < -0.4 is 0 Å². The van der Waals surface area contributed by atoms with Crippen molar-refractivity contribution < 1.29 is 5.11 Å². The first-order valence-corrected chi connectivity index (χ1v) is 6.99. The Kier molecular flexibility index (Phi) is 3.59. The van der Waals surface area contributed by atoms with Crippen LogP contribution in [0.5, 0.6) is 0 Å². The molecule has 1 unspecified atom stereocenters. The van der Waals surface area contributed by atoms with E-state index in [4.69, 9.17) is 0 Å². The maximum Gasteiger partial charge on any atom is 0.121 e. The maximum atomic E-state index is 10.5. The van der Waals surface area contributed by atoms with Crippen LogP contribution in [0.3, 0.4) is 0 Å². The van der Waals surface area contributed by atoms with Gasteiger partial charge in [0.25, 0.3) is 0 Å². The van der Waals surface area contributed by atoms with Crippen molar-refractivity contribution in [1.82, 2.24) is 9.78 Å². The summed E-state index contributed by atoms with van der Waals surface area (Å²) < 4.78 is 1.73. The molecule has 0 aliphatic rings. The standard InChI is InChI=1S/C18H18N2O/c1-13-12-17(20(2)19-13)18(21)16-10-8-15(9-11-16)14-6-4-3-5-7-14/h3-12,18,21H,1-2H3. The molecular formula is C18H18N2O. The second kappa shape index (κ2) is 5.54. The molecule has 0 fully saturated rings. The van der Waals surface area contributed by atoms with E-state index in [1.165, 1.54) is 5.56 Å². The third-order valence-electron chi connectivity index (χ3n) is 3.65. The third-order valence-corrected chi connectivity index (χ3v) is 3.65. The van der Waals surface area contributed by atoms with Gasteiger partial charge in [-0.25, -0.2) is 0 Å². The van der Waals surface area contributed by atoms with Gasteiger partial charge in [-0.15, -0.1) is 0 Å². The number of aliphatic hydroxyl groups excluding tert-OH is 1. The van der Waals surface area contributed by atoms with Gasteiger partial charge in [0.1, 0.15) is 6.10 Å². The molecular weight excluding hydrogens is 260 g/mol. The molecule has 1 N–H and O–H groups in total. The topological polar surface area (TPSA) is 38.0 Å². The van der Waals surface area contributed by atoms with Gasteiger partial charge in [0.2, 0.25) is 0 Å². The Labute approximate surface area is 124 Å². The Hall–Kier alpha value is -2.39. The highest BCUT2D eigenvalue weighted by atomic mass is 16.3. The van der Waals surface area contributed by atoms with Crippen LogP contribution in [0.1, 0.15) is 23.1 Å². The molecule has 0 spiro atoms. The van der Waals surface area contributed by atoms with Crippen LogP contribution in [-0.2, 0) is 7.05 Å². The molecule has 0 saturated carbocycles. The van der Waals surface area contributed by atoms with E-state index in [9.17, 15) is 5.11 Å². The second-order valence-electron chi connectivity index (χ2n) is 5.22. The van der Waals surface area contributed by atoms with E-state index in [1.54, 1.807) is 4.68 Å². The minimum Gasteiger partial charge on any atom is -0.382 e. The molecule has 3 rings (SSSR count). The van der Waals surface area contributed by atoms with Crippen LogP contribution >= 0.6 is 0 Å². The largest absolute Gasteiger partial charge is 0.382 e. The number of benzene rings is 2. The summed E-state index contributed by atoms with van der Waals surface area (Å²) in [7, 11) is 1.85. The number of aromatic nitrogens is 2. The minimum atomic E-state index is -0.652. The Morgan fingerprint density at radius 2 is 1.57 bits per heavy atom. The van der Waals surface area contributed by atoms with Gasteiger partial charge in [0.15, 0.2) is 0 Å². The molecule has 0 radical (unpaired) electrons. The van der Waals surface area contributed by atoms with Crippen LogP contribution in [-0.4, -0.2) is 14.9 Å². The summed E-state index contributed by atoms with van der Waals surface area (Å²) >= 11 is 0. The summed E-state index contributed by atoms with van der Waals surface area (Å²) in [6.45, 7) is 1.93. The molecule has 1 atom stereocenters. The average molecular weight is 278 g/mol. The smallest absolute Gasteiger partial charge is 0.121 e. The van der Waals surface area contributed by atoms with E-state index in [0.717, 1.165) is 22.5 Å². The molecule has 0 saturated heterocycles. The Bertz CT molecular complexity index is 730. The zero-order valence-corrected chi connectivity index (χ0v) is 12.2. The SMILES string of the molecule is Cc1cc(C(O)c2ccc(-c3ccccc3)cc2)n(C)n1. The van der Waals surface area contributed by atoms with Crippen molar-refractivity contribution >= 4 is 0 Å². The van der Waals surface area contributed by atoms with Gasteiger partial charge < -0.3 is 5.11 Å². The van der Waals surface area contributed by atoms with Gasteiger partial charge in [-0.2, -0.15) is 5.10 Å². The van der Waals surface area contributed by atoms with E-state index in [1.807, 2.05) is 62.5 Å². The molecule has 2 aromatic carbocycles. The number of hydrogen-bond acceptors (Lipinski definition) is 2. The highest BCUT2D eigenvalue weighted by Crippen LogP contribution is 2.25. The van der Waals surface area contributed by atoms with Gasteiger partial charge in [-0.05, 0) is 29.7 Å². The summed E-state index contributed by atoms with van der Waals surface area (Å²) in [5.41, 5.74) is 4.91. The van der Waals surface area contributed by atoms with Gasteiger partial charge >= 0.3 is 0 Å². The molecule has 0 aliphatic heterocycles. The lowest BCUT2D eigenvalue weighted by Gasteiger charge is -2.12. The second-order valence-corrected chi connectivity index (χ2v) is 5.22. The summed E-state index contributed by atoms with van der Waals surface area (Å²) in [6, 6.07) is 20.1. The first-order chi connectivity index (χ1) is 10.1. The predicted octanol–water partition coefficient (Wildman–Crippen LogP) is 3.48. The first-order valence-electron chi connectivity index (χ1n) is 6.99. The van der Waals surface area contributed by atoms with E-state index < -0.39 is 6.10 Å². The van der Waals surface area contributed by atoms with Crippen molar-refractivity contribution in [3.8, 4) is 11.1 Å². The van der Waals surface area contributed by atoms with Crippen LogP contribution in [0.25, 0.3) is 11.1 Å². The number of aliphatic hydroxyl groups is 1. The highest BCUT2D eigenvalue weighted by Gasteiger charge is 2.15. The predicted molar refractivity (Wildman–Crippen MR) is 83.9 cm³/mol. The summed E-state index contributed by atoms with van der Waals surface area (Å²) in [5.74, 6) is 0. The molecule has 3 heteroatoms. The number of aryl methyl sites for hydroxylation is 2. The van der Waals surface area contributed by atoms with Crippen molar-refractivity contribution in [2.75, 3.05) is 0 Å². The molecule has 21 heavy (non-hydrogen) atoms. The monoisotopic (exact) mass is 278 g/mol. The Morgan fingerprint density at radius 1 is 0.952 bits per heavy atom. The Morgan fingerprint density at radius 3 is 2.14 bits per heavy atom. The van der Waals surface area contributed by atoms with E-state index >= 15 is 0 Å². The molecule has 1 heterocycles. The van der Waals surface area contributed by atoms with Crippen LogP contribution in [0.2, 0.25) is 0 Å². The van der Waals surface area contributed by atoms with Crippen molar-refractivity contribution in [1.29, 1.82) is 0 Å². The lowest BCUT2D eigenvalue weighted by atomic mass is 10.0. The quantitative estimate of drug-likeness (QED) is 0.796. The molecule has 0 bridgehead atoms. The van der Waals surface area contributed by atoms with Crippen molar-refractivity contribution in [3.05, 3.63) is 77.6 Å². The summed E-state index contributed by atoms with van der Waals surface area (Å²) in [4.78, 5) is 0. The molecule has 0 aliphatic carbocycles. The molecule has 0 amide bonds. The van der Waals surface area contributed by atoms with Crippen LogP contribution in [0, 0.1) is 6.92 Å². The summed E-state index contributed by atoms with van der Waals surface area (Å²) in [6.07, 6.45) is -0.652. The summed E-state index contributed by atoms with van der Waals surface area (Å²) in [5, 5.41) is 14.8. The zero-order chi connectivity index (χ0) is 14.8. The van der Waals surface area contributed by atoms with Crippen molar-refractivity contribution in [2.24, 2.45) is 7.05 Å². The van der Waals surface area contributed by atoms with E-state index in [2.05, 4.69) is 17.2 Å². The fourth-order valence-electron chi connectivity index (χ4n) is 2.55. The van der Waals surface area contributed by atoms with Crippen LogP contribution in [0.4, 0.5) is 0 Å². The normalized spacial score (nSPS) is 12.3. The number of rotatable bonds is 3. The van der Waals surface area contributed by atoms with Gasteiger partial charge in [-0.1, -0.05) is 54.6 Å². The van der Waals surface area contributed by atoms with Gasteiger partial charge in [0.05, 0.1) is 11.4 Å². The Balaban J connectivity index is 1.89. The lowest BCUT2D eigenvalue weighted by Crippen LogP contribution is -2.06. The number of hydrogen-bond donors (Lipinski definition) is 1. The zero-order valence-electron chi connectivity index (χ0n) is 12.2. The van der Waals surface area contributed by atoms with Crippen molar-refractivity contribution in [3.63, 3.8) is 0 Å². The fourth-order valence-corrected chi connectivity index (χ4v) is 2.55. The molecule has 3 nitrogen and oxygen atoms in total. The fraction of sp³-hybridized carbons (Fsp3) is 0.167. The van der Waals surface area contributed by atoms with Crippen molar-refractivity contribution in [2.45, 2.75) is 13.0 Å². The van der Waals surface area contributed by atoms with E-state index in [-0.39, 0.29) is 0 Å². The van der Waals surface area contributed by atoms with Gasteiger partial charge in [0, 0.05) is 7.05 Å². The minimum absolute atomic E-state index is 0.652. The third kappa shape index (κ3) is 2.73. The molecule has 1 aromatic heterocycles. The highest BCUT2D eigenvalue weighted by molar-refractivity contribution is 5.63. The van der Waals surface area contributed by atoms with E-state index in [0.29, 0.717) is 0 Å². The number of nitrogens with zero attached hydrogens (tertiary/aromatic N) is 2. The average Bonchev–Trinajstić information content (AvgIpc) is 2.86. The molecule has 3 aromatic rings. The maximum absolute atomic E-state index is 10.5.